The highest BCUT2D eigenvalue weighted by Gasteiger charge is 2.12. The van der Waals surface area contributed by atoms with E-state index < -0.39 is 11.9 Å². The molecular formula is C9H14N4O3. The molecule has 0 aromatic carbocycles. The van der Waals surface area contributed by atoms with Crippen LogP contribution in [-0.2, 0) is 20.9 Å². The molecular weight excluding hydrogens is 212 g/mol. The van der Waals surface area contributed by atoms with Gasteiger partial charge in [0.05, 0.1) is 24.2 Å². The molecule has 0 unspecified atom stereocenters. The zero-order valence-corrected chi connectivity index (χ0v) is 8.95. The van der Waals surface area contributed by atoms with E-state index in [1.54, 1.807) is 6.92 Å². The van der Waals surface area contributed by atoms with E-state index in [2.05, 4.69) is 20.3 Å². The average molecular weight is 226 g/mol. The van der Waals surface area contributed by atoms with Crippen LogP contribution in [0, 0.1) is 0 Å². The Hall–Kier alpha value is -1.89. The molecule has 7 nitrogen and oxygen atoms in total. The monoisotopic (exact) mass is 226 g/mol. The first kappa shape index (κ1) is 12.2. The molecule has 16 heavy (non-hydrogen) atoms. The zero-order valence-electron chi connectivity index (χ0n) is 8.95. The van der Waals surface area contributed by atoms with Gasteiger partial charge in [0, 0.05) is 6.54 Å². The Morgan fingerprint density at radius 1 is 1.62 bits per heavy atom. The van der Waals surface area contributed by atoms with Gasteiger partial charge in [-0.25, -0.2) is 0 Å². The Kier molecular flexibility index (Phi) is 4.46. The van der Waals surface area contributed by atoms with Crippen LogP contribution < -0.4 is 11.1 Å². The van der Waals surface area contributed by atoms with Crippen molar-refractivity contribution in [2.45, 2.75) is 19.9 Å². The number of nitrogens with one attached hydrogen (secondary N) is 2. The van der Waals surface area contributed by atoms with Gasteiger partial charge in [-0.05, 0) is 6.92 Å². The molecule has 1 aromatic heterocycles. The first-order valence-corrected chi connectivity index (χ1v) is 4.85. The molecule has 0 aliphatic carbocycles. The maximum atomic E-state index is 11.4. The van der Waals surface area contributed by atoms with Crippen LogP contribution in [0.5, 0.6) is 0 Å². The van der Waals surface area contributed by atoms with Crippen LogP contribution in [0.4, 0.5) is 5.69 Å². The van der Waals surface area contributed by atoms with E-state index in [9.17, 15) is 9.59 Å². The summed E-state index contributed by atoms with van der Waals surface area (Å²) in [6.07, 6.45) is 1.12. The highest BCUT2D eigenvalue weighted by atomic mass is 16.5. The molecule has 1 amide bonds. The van der Waals surface area contributed by atoms with Crippen molar-refractivity contribution in [1.82, 2.24) is 10.2 Å². The number of H-pyrrole nitrogens is 1. The summed E-state index contributed by atoms with van der Waals surface area (Å²) >= 11 is 0. The van der Waals surface area contributed by atoms with Crippen LogP contribution in [0.25, 0.3) is 0 Å². The lowest BCUT2D eigenvalue weighted by Gasteiger charge is -2.04. The number of hydrogen-bond acceptors (Lipinski definition) is 5. The molecule has 0 radical (unpaired) electrons. The largest absolute Gasteiger partial charge is 0.466 e. The minimum Gasteiger partial charge on any atom is -0.466 e. The number of esters is 1. The topological polar surface area (TPSA) is 110 Å². The third-order valence-corrected chi connectivity index (χ3v) is 1.81. The molecule has 4 N–H and O–H groups in total. The molecule has 0 saturated heterocycles. The Bertz CT molecular complexity index is 375. The van der Waals surface area contributed by atoms with Gasteiger partial charge in [0.25, 0.3) is 0 Å². The van der Waals surface area contributed by atoms with E-state index in [4.69, 9.17) is 5.73 Å². The lowest BCUT2D eigenvalue weighted by molar-refractivity contribution is -0.145. The molecule has 0 bridgehead atoms. The normalized spacial score (nSPS) is 9.88. The number of nitrogens with two attached hydrogens (primary N) is 1. The molecule has 1 heterocycles. The van der Waals surface area contributed by atoms with Gasteiger partial charge in [-0.1, -0.05) is 0 Å². The van der Waals surface area contributed by atoms with Crippen molar-refractivity contribution in [2.75, 3.05) is 11.9 Å². The molecule has 0 aliphatic rings. The van der Waals surface area contributed by atoms with Gasteiger partial charge in [-0.15, -0.1) is 0 Å². The molecule has 7 heteroatoms. The predicted octanol–water partition coefficient (Wildman–Crippen LogP) is -0.240. The van der Waals surface area contributed by atoms with E-state index in [0.29, 0.717) is 11.4 Å². The third kappa shape index (κ3) is 3.35. The van der Waals surface area contributed by atoms with Crippen LogP contribution in [0.15, 0.2) is 6.20 Å². The van der Waals surface area contributed by atoms with E-state index in [0.717, 1.165) is 0 Å². The van der Waals surface area contributed by atoms with Crippen molar-refractivity contribution in [2.24, 2.45) is 5.73 Å². The number of aromatic nitrogens is 2. The van der Waals surface area contributed by atoms with Crippen LogP contribution >= 0.6 is 0 Å². The number of amides is 1. The van der Waals surface area contributed by atoms with Gasteiger partial charge in [-0.2, -0.15) is 5.10 Å². The summed E-state index contributed by atoms with van der Waals surface area (Å²) in [6, 6.07) is 0. The summed E-state index contributed by atoms with van der Waals surface area (Å²) in [5.41, 5.74) is 6.50. The summed E-state index contributed by atoms with van der Waals surface area (Å²) in [5, 5.41) is 8.88. The second-order valence-electron chi connectivity index (χ2n) is 3.00. The minimum atomic E-state index is -0.558. The number of anilines is 1. The standard InChI is InChI=1S/C9H14N4O3/c1-2-16-9(15)3-8(14)12-7-5-11-13-6(7)4-10/h5H,2-4,10H2,1H3,(H,11,13)(H,12,14). The van der Waals surface area contributed by atoms with E-state index in [1.165, 1.54) is 6.20 Å². The van der Waals surface area contributed by atoms with E-state index >= 15 is 0 Å². The van der Waals surface area contributed by atoms with Gasteiger partial charge in [-0.3, -0.25) is 14.7 Å². The average Bonchev–Trinajstić information content (AvgIpc) is 2.65. The number of carbonyl (C=O) groups is 2. The van der Waals surface area contributed by atoms with Crippen molar-refractivity contribution in [3.63, 3.8) is 0 Å². The summed E-state index contributed by atoms with van der Waals surface area (Å²) in [5.74, 6) is -1.01. The van der Waals surface area contributed by atoms with Crippen molar-refractivity contribution in [3.8, 4) is 0 Å². The van der Waals surface area contributed by atoms with Crippen LogP contribution in [0.1, 0.15) is 19.0 Å². The lowest BCUT2D eigenvalue weighted by atomic mass is 10.3. The number of hydrogen-bond donors (Lipinski definition) is 3. The molecule has 0 fully saturated rings. The molecule has 0 spiro atoms. The van der Waals surface area contributed by atoms with E-state index in [1.807, 2.05) is 0 Å². The third-order valence-electron chi connectivity index (χ3n) is 1.81. The first-order chi connectivity index (χ1) is 7.67. The zero-order chi connectivity index (χ0) is 12.0. The van der Waals surface area contributed by atoms with Crippen molar-refractivity contribution in [3.05, 3.63) is 11.9 Å². The fraction of sp³-hybridized carbons (Fsp3) is 0.444. The summed E-state index contributed by atoms with van der Waals surface area (Å²) in [7, 11) is 0. The number of nitrogens with zero attached hydrogens (tertiary/aromatic N) is 1. The highest BCUT2D eigenvalue weighted by molar-refractivity contribution is 6.02. The Balaban J connectivity index is 2.48. The molecule has 0 atom stereocenters. The second kappa shape index (κ2) is 5.86. The minimum absolute atomic E-state index is 0.231. The smallest absolute Gasteiger partial charge is 0.315 e. The number of carbonyl (C=O) groups excluding carboxylic acids is 2. The van der Waals surface area contributed by atoms with E-state index in [-0.39, 0.29) is 19.6 Å². The van der Waals surface area contributed by atoms with Crippen LogP contribution in [-0.4, -0.2) is 28.7 Å². The maximum absolute atomic E-state index is 11.4. The Morgan fingerprint density at radius 2 is 2.38 bits per heavy atom. The van der Waals surface area contributed by atoms with Crippen LogP contribution in [0.3, 0.4) is 0 Å². The maximum Gasteiger partial charge on any atom is 0.315 e. The van der Waals surface area contributed by atoms with Gasteiger partial charge >= 0.3 is 5.97 Å². The summed E-state index contributed by atoms with van der Waals surface area (Å²) in [4.78, 5) is 22.4. The first-order valence-electron chi connectivity index (χ1n) is 4.85. The van der Waals surface area contributed by atoms with Crippen molar-refractivity contribution < 1.29 is 14.3 Å². The SMILES string of the molecule is CCOC(=O)CC(=O)Nc1cn[nH]c1CN. The van der Waals surface area contributed by atoms with Gasteiger partial charge in [0.15, 0.2) is 0 Å². The summed E-state index contributed by atoms with van der Waals surface area (Å²) < 4.78 is 4.64. The number of ether oxygens (including phenoxy) is 1. The molecule has 0 saturated carbocycles. The fourth-order valence-electron chi connectivity index (χ4n) is 1.11. The Labute approximate surface area is 92.3 Å². The van der Waals surface area contributed by atoms with Gasteiger partial charge in [0.1, 0.15) is 6.42 Å². The summed E-state index contributed by atoms with van der Waals surface area (Å²) in [6.45, 7) is 2.17. The van der Waals surface area contributed by atoms with Crippen molar-refractivity contribution in [1.29, 1.82) is 0 Å². The molecule has 88 valence electrons. The molecule has 1 aromatic rings. The second-order valence-corrected chi connectivity index (χ2v) is 3.00. The predicted molar refractivity (Wildman–Crippen MR) is 56.4 cm³/mol. The van der Waals surface area contributed by atoms with Crippen LogP contribution in [0.2, 0.25) is 0 Å². The highest BCUT2D eigenvalue weighted by Crippen LogP contribution is 2.10. The van der Waals surface area contributed by atoms with Gasteiger partial charge in [0.2, 0.25) is 5.91 Å². The number of aromatic amines is 1. The molecule has 0 aliphatic heterocycles. The fourth-order valence-corrected chi connectivity index (χ4v) is 1.11. The Morgan fingerprint density at radius 3 is 3.00 bits per heavy atom. The van der Waals surface area contributed by atoms with Gasteiger partial charge < -0.3 is 15.8 Å². The lowest BCUT2D eigenvalue weighted by Crippen LogP contribution is -2.18. The molecule has 1 rings (SSSR count). The number of rotatable bonds is 5. The quantitative estimate of drug-likeness (QED) is 0.474. The van der Waals surface area contributed by atoms with Crippen molar-refractivity contribution >= 4 is 17.6 Å².